The molecule has 3 rings (SSSR count). The number of aromatic nitrogens is 2. The van der Waals surface area contributed by atoms with Crippen LogP contribution in [0.5, 0.6) is 0 Å². The Hall–Kier alpha value is -0.920. The minimum atomic E-state index is -3.44. The van der Waals surface area contributed by atoms with E-state index < -0.39 is 10.0 Å². The average molecular weight is 270 g/mol. The molecule has 2 aliphatic rings. The third kappa shape index (κ3) is 1.96. The summed E-state index contributed by atoms with van der Waals surface area (Å²) in [5.74, 6) is 0.892. The fourth-order valence-corrected chi connectivity index (χ4v) is 4.09. The smallest absolute Gasteiger partial charge is 0.262 e. The van der Waals surface area contributed by atoms with Crippen molar-refractivity contribution in [1.29, 1.82) is 0 Å². The van der Waals surface area contributed by atoms with Crippen LogP contribution in [-0.2, 0) is 23.0 Å². The Kier molecular flexibility index (Phi) is 2.91. The summed E-state index contributed by atoms with van der Waals surface area (Å²) in [7, 11) is -3.44. The lowest BCUT2D eigenvalue weighted by molar-refractivity contribution is 0.469. The maximum Gasteiger partial charge on any atom is 0.262 e. The first kappa shape index (κ1) is 12.1. The van der Waals surface area contributed by atoms with Crippen molar-refractivity contribution in [1.82, 2.24) is 13.9 Å². The molecule has 2 aliphatic heterocycles. The summed E-state index contributed by atoms with van der Waals surface area (Å²) in [6, 6.07) is -0.0444. The number of nitrogens with zero attached hydrogens (tertiary/aromatic N) is 3. The molecule has 100 valence electrons. The fourth-order valence-electron chi connectivity index (χ4n) is 2.62. The second-order valence-electron chi connectivity index (χ2n) is 5.06. The third-order valence-electron chi connectivity index (χ3n) is 3.68. The standard InChI is InChI=1S/C11H18N4O2S/c12-9-4-6-15(7-9)18(16,17)11-8-14-5-2-1-3-10(14)13-11/h8-9H,1-7,12H2/t9-/m1/s1. The Labute approximate surface area is 107 Å². The van der Waals surface area contributed by atoms with E-state index in [1.165, 1.54) is 4.31 Å². The molecule has 1 aromatic rings. The highest BCUT2D eigenvalue weighted by Gasteiger charge is 2.33. The predicted octanol–water partition coefficient (Wildman–Crippen LogP) is -0.0589. The van der Waals surface area contributed by atoms with Crippen LogP contribution in [0.25, 0.3) is 0 Å². The zero-order valence-corrected chi connectivity index (χ0v) is 11.1. The van der Waals surface area contributed by atoms with Crippen molar-refractivity contribution in [2.24, 2.45) is 5.73 Å². The van der Waals surface area contributed by atoms with Crippen LogP contribution in [0.3, 0.4) is 0 Å². The molecule has 0 bridgehead atoms. The molecule has 0 saturated carbocycles. The van der Waals surface area contributed by atoms with Gasteiger partial charge < -0.3 is 10.3 Å². The monoisotopic (exact) mass is 270 g/mol. The number of nitrogens with two attached hydrogens (primary N) is 1. The van der Waals surface area contributed by atoms with Gasteiger partial charge in [-0.1, -0.05) is 0 Å². The first-order valence-corrected chi connectivity index (χ1v) is 7.83. The normalized spacial score (nSPS) is 25.3. The van der Waals surface area contributed by atoms with E-state index in [9.17, 15) is 8.42 Å². The maximum atomic E-state index is 12.4. The van der Waals surface area contributed by atoms with Crippen LogP contribution < -0.4 is 5.73 Å². The Balaban J connectivity index is 1.91. The molecule has 0 aliphatic carbocycles. The second kappa shape index (κ2) is 4.32. The molecule has 0 radical (unpaired) electrons. The minimum absolute atomic E-state index is 0.0444. The lowest BCUT2D eigenvalue weighted by atomic mass is 10.2. The van der Waals surface area contributed by atoms with Gasteiger partial charge in [0, 0.05) is 38.3 Å². The van der Waals surface area contributed by atoms with Gasteiger partial charge in [-0.3, -0.25) is 0 Å². The first-order valence-electron chi connectivity index (χ1n) is 6.39. The minimum Gasteiger partial charge on any atom is -0.333 e. The molecule has 0 aromatic carbocycles. The Bertz CT molecular complexity index is 528. The highest BCUT2D eigenvalue weighted by atomic mass is 32.2. The molecule has 1 saturated heterocycles. The van der Waals surface area contributed by atoms with Gasteiger partial charge in [-0.2, -0.15) is 4.31 Å². The van der Waals surface area contributed by atoms with Gasteiger partial charge in [-0.05, 0) is 19.3 Å². The molecule has 1 atom stereocenters. The van der Waals surface area contributed by atoms with Crippen molar-refractivity contribution in [2.75, 3.05) is 13.1 Å². The van der Waals surface area contributed by atoms with Crippen molar-refractivity contribution in [3.63, 3.8) is 0 Å². The lowest BCUT2D eigenvalue weighted by Gasteiger charge is -2.13. The summed E-state index contributed by atoms with van der Waals surface area (Å²) < 4.78 is 28.2. The van der Waals surface area contributed by atoms with E-state index >= 15 is 0 Å². The Morgan fingerprint density at radius 2 is 2.17 bits per heavy atom. The summed E-state index contributed by atoms with van der Waals surface area (Å²) in [6.07, 6.45) is 5.46. The fraction of sp³-hybridized carbons (Fsp3) is 0.727. The zero-order chi connectivity index (χ0) is 12.8. The van der Waals surface area contributed by atoms with Crippen LogP contribution in [-0.4, -0.2) is 41.4 Å². The molecular weight excluding hydrogens is 252 g/mol. The number of hydrogen-bond acceptors (Lipinski definition) is 4. The quantitative estimate of drug-likeness (QED) is 0.816. The Morgan fingerprint density at radius 1 is 1.33 bits per heavy atom. The third-order valence-corrected chi connectivity index (χ3v) is 5.41. The zero-order valence-electron chi connectivity index (χ0n) is 10.2. The molecule has 0 amide bonds. The van der Waals surface area contributed by atoms with Crippen LogP contribution in [0.2, 0.25) is 0 Å². The first-order chi connectivity index (χ1) is 8.57. The molecule has 1 aromatic heterocycles. The molecular formula is C11H18N4O2S. The summed E-state index contributed by atoms with van der Waals surface area (Å²) in [6.45, 7) is 1.79. The van der Waals surface area contributed by atoms with E-state index in [1.807, 2.05) is 4.57 Å². The summed E-state index contributed by atoms with van der Waals surface area (Å²) in [4.78, 5) is 4.28. The molecule has 2 N–H and O–H groups in total. The molecule has 7 heteroatoms. The van der Waals surface area contributed by atoms with Gasteiger partial charge in [0.05, 0.1) is 0 Å². The topological polar surface area (TPSA) is 81.2 Å². The van der Waals surface area contributed by atoms with E-state index in [-0.39, 0.29) is 11.1 Å². The van der Waals surface area contributed by atoms with Crippen molar-refractivity contribution in [2.45, 2.75) is 43.3 Å². The van der Waals surface area contributed by atoms with Crippen LogP contribution >= 0.6 is 0 Å². The molecule has 3 heterocycles. The van der Waals surface area contributed by atoms with Crippen LogP contribution in [0.4, 0.5) is 0 Å². The number of sulfonamides is 1. The molecule has 18 heavy (non-hydrogen) atoms. The number of hydrogen-bond donors (Lipinski definition) is 1. The van der Waals surface area contributed by atoms with E-state index in [2.05, 4.69) is 4.98 Å². The van der Waals surface area contributed by atoms with E-state index in [0.29, 0.717) is 13.1 Å². The van der Waals surface area contributed by atoms with Gasteiger partial charge in [0.25, 0.3) is 10.0 Å². The van der Waals surface area contributed by atoms with Crippen molar-refractivity contribution in [3.05, 3.63) is 12.0 Å². The highest BCUT2D eigenvalue weighted by molar-refractivity contribution is 7.89. The van der Waals surface area contributed by atoms with Gasteiger partial charge in [0.1, 0.15) is 5.82 Å². The second-order valence-corrected chi connectivity index (χ2v) is 6.94. The summed E-state index contributed by atoms with van der Waals surface area (Å²) in [5, 5.41) is 0.188. The predicted molar refractivity (Wildman–Crippen MR) is 66.5 cm³/mol. The van der Waals surface area contributed by atoms with Crippen molar-refractivity contribution >= 4 is 10.0 Å². The van der Waals surface area contributed by atoms with E-state index in [0.717, 1.165) is 38.1 Å². The van der Waals surface area contributed by atoms with Gasteiger partial charge >= 0.3 is 0 Å². The molecule has 1 fully saturated rings. The summed E-state index contributed by atoms with van der Waals surface area (Å²) in [5.41, 5.74) is 5.77. The van der Waals surface area contributed by atoms with Crippen molar-refractivity contribution in [3.8, 4) is 0 Å². The van der Waals surface area contributed by atoms with Crippen LogP contribution in [0.15, 0.2) is 11.2 Å². The lowest BCUT2D eigenvalue weighted by Crippen LogP contribution is -2.32. The number of rotatable bonds is 2. The van der Waals surface area contributed by atoms with Gasteiger partial charge in [0.15, 0.2) is 5.03 Å². The molecule has 0 spiro atoms. The van der Waals surface area contributed by atoms with Gasteiger partial charge in [-0.15, -0.1) is 0 Å². The van der Waals surface area contributed by atoms with E-state index in [1.54, 1.807) is 6.20 Å². The molecule has 0 unspecified atom stereocenters. The SMILES string of the molecule is N[C@@H]1CCN(S(=O)(=O)c2cn3c(n2)CCCC3)C1. The van der Waals surface area contributed by atoms with Crippen LogP contribution in [0, 0.1) is 0 Å². The Morgan fingerprint density at radius 3 is 2.83 bits per heavy atom. The highest BCUT2D eigenvalue weighted by Crippen LogP contribution is 2.22. The number of fused-ring (bicyclic) bond motifs is 1. The van der Waals surface area contributed by atoms with Crippen LogP contribution in [0.1, 0.15) is 25.1 Å². The number of aryl methyl sites for hydroxylation is 2. The number of imidazole rings is 1. The van der Waals surface area contributed by atoms with Crippen molar-refractivity contribution < 1.29 is 8.42 Å². The average Bonchev–Trinajstić information content (AvgIpc) is 2.94. The largest absolute Gasteiger partial charge is 0.333 e. The van der Waals surface area contributed by atoms with E-state index in [4.69, 9.17) is 5.73 Å². The summed E-state index contributed by atoms with van der Waals surface area (Å²) >= 11 is 0. The van der Waals surface area contributed by atoms with Gasteiger partial charge in [-0.25, -0.2) is 13.4 Å². The maximum absolute atomic E-state index is 12.4. The van der Waals surface area contributed by atoms with Gasteiger partial charge in [0.2, 0.25) is 0 Å². The molecule has 6 nitrogen and oxygen atoms in total.